The Morgan fingerprint density at radius 2 is 2.14 bits per heavy atom. The maximum atomic E-state index is 12.4. The molecular weight excluding hydrogens is 290 g/mol. The minimum absolute atomic E-state index is 0.239. The molecule has 0 saturated carbocycles. The maximum Gasteiger partial charge on any atom is 0.270 e. The van der Waals surface area contributed by atoms with Crippen molar-refractivity contribution in [2.75, 3.05) is 13.2 Å². The number of nitrogens with zero attached hydrogens (tertiary/aromatic N) is 1. The van der Waals surface area contributed by atoms with Gasteiger partial charge in [0.05, 0.1) is 25.4 Å². The fraction of sp³-hybridized carbons (Fsp3) is 0.286. The number of aliphatic hydroxyl groups excluding tert-OH is 1. The number of imidazole rings is 1. The average Bonchev–Trinajstić information content (AvgIpc) is 3.06. The molecule has 1 amide bonds. The molecule has 0 unspecified atom stereocenters. The van der Waals surface area contributed by atoms with Crippen LogP contribution >= 0.6 is 12.2 Å². The number of aromatic nitrogens is 2. The van der Waals surface area contributed by atoms with E-state index in [1.807, 2.05) is 30.3 Å². The summed E-state index contributed by atoms with van der Waals surface area (Å²) in [5, 5.41) is 12.5. The highest BCUT2D eigenvalue weighted by Gasteiger charge is 2.28. The highest BCUT2D eigenvalue weighted by Crippen LogP contribution is 2.13. The van der Waals surface area contributed by atoms with E-state index >= 15 is 0 Å². The molecule has 7 heteroatoms. The SMILES string of the molecule is O=C(N[C@@H]1COC[C@H]1O)c1c[nH]c(=S)n1-c1ccccc1. The van der Waals surface area contributed by atoms with Crippen LogP contribution in [0.5, 0.6) is 0 Å². The average molecular weight is 305 g/mol. The van der Waals surface area contributed by atoms with Gasteiger partial charge in [0.25, 0.3) is 5.91 Å². The second-order valence-corrected chi connectivity index (χ2v) is 5.22. The van der Waals surface area contributed by atoms with Gasteiger partial charge >= 0.3 is 0 Å². The van der Waals surface area contributed by atoms with Gasteiger partial charge in [0.1, 0.15) is 5.69 Å². The van der Waals surface area contributed by atoms with E-state index in [2.05, 4.69) is 10.3 Å². The smallest absolute Gasteiger partial charge is 0.270 e. The Balaban J connectivity index is 1.89. The third kappa shape index (κ3) is 2.76. The van der Waals surface area contributed by atoms with E-state index in [4.69, 9.17) is 17.0 Å². The number of carbonyl (C=O) groups is 1. The Morgan fingerprint density at radius 1 is 1.38 bits per heavy atom. The second-order valence-electron chi connectivity index (χ2n) is 4.83. The third-order valence-corrected chi connectivity index (χ3v) is 3.69. The van der Waals surface area contributed by atoms with E-state index < -0.39 is 12.1 Å². The molecule has 6 nitrogen and oxygen atoms in total. The zero-order chi connectivity index (χ0) is 14.8. The van der Waals surface area contributed by atoms with Gasteiger partial charge in [-0.25, -0.2) is 0 Å². The van der Waals surface area contributed by atoms with E-state index in [1.165, 1.54) is 0 Å². The number of H-pyrrole nitrogens is 1. The number of rotatable bonds is 3. The van der Waals surface area contributed by atoms with Gasteiger partial charge in [-0.2, -0.15) is 0 Å². The molecule has 1 fully saturated rings. The summed E-state index contributed by atoms with van der Waals surface area (Å²) in [6.45, 7) is 0.548. The van der Waals surface area contributed by atoms with Gasteiger partial charge in [0.2, 0.25) is 0 Å². The van der Waals surface area contributed by atoms with Crippen LogP contribution in [0.1, 0.15) is 10.5 Å². The Hall–Kier alpha value is -1.96. The van der Waals surface area contributed by atoms with Gasteiger partial charge in [-0.1, -0.05) is 18.2 Å². The van der Waals surface area contributed by atoms with Gasteiger partial charge in [0.15, 0.2) is 4.77 Å². The number of ether oxygens (including phenoxy) is 1. The third-order valence-electron chi connectivity index (χ3n) is 3.39. The Morgan fingerprint density at radius 3 is 2.81 bits per heavy atom. The number of hydrogen-bond acceptors (Lipinski definition) is 4. The zero-order valence-electron chi connectivity index (χ0n) is 11.2. The minimum atomic E-state index is -0.680. The van der Waals surface area contributed by atoms with Crippen molar-refractivity contribution in [2.45, 2.75) is 12.1 Å². The molecule has 0 spiro atoms. The van der Waals surface area contributed by atoms with Gasteiger partial charge in [-0.3, -0.25) is 9.36 Å². The van der Waals surface area contributed by atoms with Crippen molar-refractivity contribution in [2.24, 2.45) is 0 Å². The molecule has 2 heterocycles. The summed E-state index contributed by atoms with van der Waals surface area (Å²) >= 11 is 5.23. The van der Waals surface area contributed by atoms with Crippen LogP contribution in [0.25, 0.3) is 5.69 Å². The highest BCUT2D eigenvalue weighted by atomic mass is 32.1. The second kappa shape index (κ2) is 5.80. The van der Waals surface area contributed by atoms with E-state index in [0.717, 1.165) is 5.69 Å². The van der Waals surface area contributed by atoms with Crippen LogP contribution in [0.2, 0.25) is 0 Å². The van der Waals surface area contributed by atoms with E-state index in [9.17, 15) is 9.90 Å². The molecule has 1 saturated heterocycles. The first kappa shape index (κ1) is 14.0. The summed E-state index contributed by atoms with van der Waals surface area (Å²) in [6.07, 6.45) is 0.883. The molecule has 0 aliphatic carbocycles. The van der Waals surface area contributed by atoms with Gasteiger partial charge in [-0.15, -0.1) is 0 Å². The lowest BCUT2D eigenvalue weighted by atomic mass is 10.2. The molecule has 3 N–H and O–H groups in total. The summed E-state index contributed by atoms with van der Waals surface area (Å²) in [4.78, 5) is 15.3. The van der Waals surface area contributed by atoms with Crippen molar-refractivity contribution in [3.63, 3.8) is 0 Å². The van der Waals surface area contributed by atoms with Crippen LogP contribution in [0.4, 0.5) is 0 Å². The molecule has 1 aliphatic rings. The van der Waals surface area contributed by atoms with Crippen LogP contribution in [0.3, 0.4) is 0 Å². The quantitative estimate of drug-likeness (QED) is 0.740. The fourth-order valence-corrected chi connectivity index (χ4v) is 2.55. The highest BCUT2D eigenvalue weighted by molar-refractivity contribution is 7.71. The fourth-order valence-electron chi connectivity index (χ4n) is 2.29. The van der Waals surface area contributed by atoms with Gasteiger partial charge < -0.3 is 20.1 Å². The van der Waals surface area contributed by atoms with Crippen LogP contribution in [-0.2, 0) is 4.74 Å². The predicted molar refractivity (Wildman–Crippen MR) is 79.0 cm³/mol. The summed E-state index contributed by atoms with van der Waals surface area (Å²) in [6, 6.07) is 8.99. The van der Waals surface area contributed by atoms with Crippen molar-refractivity contribution in [1.82, 2.24) is 14.9 Å². The topological polar surface area (TPSA) is 79.3 Å². The molecule has 2 aromatic rings. The Kier molecular flexibility index (Phi) is 3.87. The number of amides is 1. The van der Waals surface area contributed by atoms with E-state index in [0.29, 0.717) is 17.1 Å². The number of nitrogens with one attached hydrogen (secondary N) is 2. The molecule has 1 aromatic heterocycles. The first-order chi connectivity index (χ1) is 10.2. The van der Waals surface area contributed by atoms with Crippen molar-refractivity contribution < 1.29 is 14.6 Å². The monoisotopic (exact) mass is 305 g/mol. The standard InChI is InChI=1S/C14H15N3O3S/c18-12-8-20-7-10(12)16-13(19)11-6-15-14(21)17(11)9-4-2-1-3-5-9/h1-6,10,12,18H,7-8H2,(H,15,21)(H,16,19)/t10-,12-/m1/s1. The molecular formula is C14H15N3O3S. The molecule has 0 radical (unpaired) electrons. The van der Waals surface area contributed by atoms with E-state index in [1.54, 1.807) is 10.8 Å². The molecule has 0 bridgehead atoms. The van der Waals surface area contributed by atoms with Crippen molar-refractivity contribution in [3.05, 3.63) is 47.0 Å². The molecule has 2 atom stereocenters. The lowest BCUT2D eigenvalue weighted by Crippen LogP contribution is -2.43. The summed E-state index contributed by atoms with van der Waals surface area (Å²) in [5.41, 5.74) is 1.20. The van der Waals surface area contributed by atoms with Crippen molar-refractivity contribution in [3.8, 4) is 5.69 Å². The number of benzene rings is 1. The normalized spacial score (nSPS) is 21.4. The number of hydrogen-bond donors (Lipinski definition) is 3. The number of aliphatic hydroxyl groups is 1. The molecule has 1 aliphatic heterocycles. The van der Waals surface area contributed by atoms with Crippen LogP contribution in [-0.4, -0.2) is 45.9 Å². The van der Waals surface area contributed by atoms with E-state index in [-0.39, 0.29) is 12.5 Å². The first-order valence-electron chi connectivity index (χ1n) is 6.59. The maximum absolute atomic E-state index is 12.4. The number of carbonyl (C=O) groups excluding carboxylic acids is 1. The summed E-state index contributed by atoms with van der Waals surface area (Å²) < 4.78 is 7.23. The zero-order valence-corrected chi connectivity index (χ0v) is 12.0. The lowest BCUT2D eigenvalue weighted by Gasteiger charge is -2.15. The van der Waals surface area contributed by atoms with Crippen molar-refractivity contribution in [1.29, 1.82) is 0 Å². The molecule has 1 aromatic carbocycles. The molecule has 110 valence electrons. The number of aromatic amines is 1. The minimum Gasteiger partial charge on any atom is -0.388 e. The largest absolute Gasteiger partial charge is 0.388 e. The lowest BCUT2D eigenvalue weighted by molar-refractivity contribution is 0.0879. The van der Waals surface area contributed by atoms with Crippen molar-refractivity contribution >= 4 is 18.1 Å². The Labute approximate surface area is 126 Å². The van der Waals surface area contributed by atoms with Gasteiger partial charge in [0, 0.05) is 11.9 Å². The Bertz CT molecular complexity index is 695. The molecule has 21 heavy (non-hydrogen) atoms. The van der Waals surface area contributed by atoms with Gasteiger partial charge in [-0.05, 0) is 24.4 Å². The summed E-state index contributed by atoms with van der Waals surface area (Å²) in [5.74, 6) is -0.305. The molecule has 3 rings (SSSR count). The summed E-state index contributed by atoms with van der Waals surface area (Å²) in [7, 11) is 0. The first-order valence-corrected chi connectivity index (χ1v) is 7.00. The van der Waals surface area contributed by atoms with Crippen LogP contribution in [0, 0.1) is 4.77 Å². The number of para-hydroxylation sites is 1. The predicted octanol–water partition coefficient (Wildman–Crippen LogP) is 1.02. The van der Waals surface area contributed by atoms with Crippen LogP contribution < -0.4 is 5.32 Å². The van der Waals surface area contributed by atoms with Crippen LogP contribution in [0.15, 0.2) is 36.5 Å².